The van der Waals surface area contributed by atoms with Gasteiger partial charge >= 0.3 is 0 Å². The number of rotatable bonds is 6. The Hall–Kier alpha value is -0.890. The SMILES string of the molecule is FC(F)=CC(F)C(F)C(F)C(F)C(F)C(F)F. The first kappa shape index (κ1) is 16.1. The lowest BCUT2D eigenvalue weighted by molar-refractivity contribution is -0.0474. The van der Waals surface area contributed by atoms with Gasteiger partial charge in [0.25, 0.3) is 12.5 Å². The molecule has 0 aromatic carbocycles. The predicted molar refractivity (Wildman–Crippen MR) is 40.8 cm³/mol. The van der Waals surface area contributed by atoms with E-state index >= 15 is 0 Å². The normalized spacial score (nSPS) is 20.6. The first-order valence-electron chi connectivity index (χ1n) is 4.19. The van der Waals surface area contributed by atoms with E-state index in [-0.39, 0.29) is 0 Å². The third-order valence-electron chi connectivity index (χ3n) is 1.74. The quantitative estimate of drug-likeness (QED) is 0.647. The van der Waals surface area contributed by atoms with Crippen LogP contribution in [0.5, 0.6) is 0 Å². The summed E-state index contributed by atoms with van der Waals surface area (Å²) in [4.78, 5) is 0. The Morgan fingerprint density at radius 1 is 0.647 bits per heavy atom. The molecule has 0 aliphatic carbocycles. The lowest BCUT2D eigenvalue weighted by Gasteiger charge is -2.20. The minimum absolute atomic E-state index is 0.667. The topological polar surface area (TPSA) is 0 Å². The van der Waals surface area contributed by atoms with E-state index < -0.39 is 49.4 Å². The number of hydrogen-bond acceptors (Lipinski definition) is 0. The maximum Gasteiger partial charge on any atom is 0.272 e. The number of alkyl halides is 7. The van der Waals surface area contributed by atoms with E-state index in [2.05, 4.69) is 0 Å². The van der Waals surface area contributed by atoms with Gasteiger partial charge in [-0.25, -0.2) is 30.7 Å². The Bertz CT molecular complexity index is 249. The van der Waals surface area contributed by atoms with Crippen molar-refractivity contribution in [3.05, 3.63) is 12.2 Å². The van der Waals surface area contributed by atoms with Crippen molar-refractivity contribution in [3.63, 3.8) is 0 Å². The zero-order chi connectivity index (χ0) is 13.7. The van der Waals surface area contributed by atoms with Crippen molar-refractivity contribution in [1.29, 1.82) is 0 Å². The summed E-state index contributed by atoms with van der Waals surface area (Å²) in [7, 11) is 0. The molecule has 0 bridgehead atoms. The first-order valence-corrected chi connectivity index (χ1v) is 4.19. The minimum Gasteiger partial charge on any atom is -0.241 e. The van der Waals surface area contributed by atoms with Gasteiger partial charge in [0.2, 0.25) is 0 Å². The van der Waals surface area contributed by atoms with Gasteiger partial charge in [0.1, 0.15) is 0 Å². The fourth-order valence-corrected chi connectivity index (χ4v) is 0.878. The van der Waals surface area contributed by atoms with Crippen molar-refractivity contribution in [3.8, 4) is 0 Å². The van der Waals surface area contributed by atoms with Crippen LogP contribution in [0, 0.1) is 0 Å². The van der Waals surface area contributed by atoms with Crippen molar-refractivity contribution >= 4 is 0 Å². The van der Waals surface area contributed by atoms with Crippen LogP contribution >= 0.6 is 0 Å². The molecule has 0 radical (unpaired) electrons. The molecule has 9 heteroatoms. The predicted octanol–water partition coefficient (Wildman–Crippen LogP) is 3.72. The van der Waals surface area contributed by atoms with E-state index in [1.54, 1.807) is 0 Å². The van der Waals surface area contributed by atoms with Crippen LogP contribution in [0.25, 0.3) is 0 Å². The van der Waals surface area contributed by atoms with Crippen molar-refractivity contribution in [2.75, 3.05) is 0 Å². The molecule has 0 aromatic rings. The summed E-state index contributed by atoms with van der Waals surface area (Å²) < 4.78 is 109. The molecule has 17 heavy (non-hydrogen) atoms. The van der Waals surface area contributed by atoms with Crippen LogP contribution in [0.4, 0.5) is 39.5 Å². The molecule has 0 amide bonds. The van der Waals surface area contributed by atoms with E-state index in [0.29, 0.717) is 0 Å². The second-order valence-corrected chi connectivity index (χ2v) is 3.01. The molecule has 0 nitrogen and oxygen atoms in total. The number of hydrogen-bond donors (Lipinski definition) is 0. The Balaban J connectivity index is 4.58. The van der Waals surface area contributed by atoms with Crippen LogP contribution in [-0.4, -0.2) is 37.3 Å². The molecular formula is C8H7F9. The molecule has 5 atom stereocenters. The van der Waals surface area contributed by atoms with Gasteiger partial charge in [0, 0.05) is 6.08 Å². The van der Waals surface area contributed by atoms with Gasteiger partial charge in [-0.15, -0.1) is 0 Å². The molecule has 0 saturated heterocycles. The molecule has 0 rings (SSSR count). The second kappa shape index (κ2) is 6.75. The molecule has 0 N–H and O–H groups in total. The molecule has 0 spiro atoms. The van der Waals surface area contributed by atoms with Gasteiger partial charge in [-0.2, -0.15) is 8.78 Å². The highest BCUT2D eigenvalue weighted by Gasteiger charge is 2.43. The lowest BCUT2D eigenvalue weighted by atomic mass is 10.0. The molecule has 0 fully saturated rings. The van der Waals surface area contributed by atoms with E-state index in [4.69, 9.17) is 0 Å². The Morgan fingerprint density at radius 3 is 1.41 bits per heavy atom. The Labute approximate surface area is 90.1 Å². The van der Waals surface area contributed by atoms with Crippen LogP contribution in [0.3, 0.4) is 0 Å². The van der Waals surface area contributed by atoms with E-state index in [9.17, 15) is 39.5 Å². The third-order valence-corrected chi connectivity index (χ3v) is 1.74. The monoisotopic (exact) mass is 274 g/mol. The van der Waals surface area contributed by atoms with Crippen LogP contribution in [0.2, 0.25) is 0 Å². The third kappa shape index (κ3) is 4.86. The lowest BCUT2D eigenvalue weighted by Crippen LogP contribution is -2.41. The number of halogens is 9. The van der Waals surface area contributed by atoms with Gasteiger partial charge in [-0.1, -0.05) is 0 Å². The van der Waals surface area contributed by atoms with Crippen molar-refractivity contribution in [2.24, 2.45) is 0 Å². The average molecular weight is 274 g/mol. The summed E-state index contributed by atoms with van der Waals surface area (Å²) in [5.74, 6) is 0. The summed E-state index contributed by atoms with van der Waals surface area (Å²) in [5, 5.41) is 0. The summed E-state index contributed by atoms with van der Waals surface area (Å²) in [6.07, 6.45) is -24.9. The zero-order valence-electron chi connectivity index (χ0n) is 7.94. The molecule has 0 heterocycles. The molecule has 0 aliphatic rings. The first-order chi connectivity index (χ1) is 7.68. The number of allylic oxidation sites excluding steroid dienone is 1. The fourth-order valence-electron chi connectivity index (χ4n) is 0.878. The standard InChI is InChI=1S/C8H7F9/c9-2(1-3(10)11)4(12)5(13)6(14)7(15)8(16)17/h1-2,4-8H. The van der Waals surface area contributed by atoms with Gasteiger partial charge in [-0.3, -0.25) is 0 Å². The van der Waals surface area contributed by atoms with E-state index in [1.807, 2.05) is 0 Å². The molecule has 0 saturated carbocycles. The largest absolute Gasteiger partial charge is 0.272 e. The fraction of sp³-hybridized carbons (Fsp3) is 0.750. The van der Waals surface area contributed by atoms with Crippen LogP contribution in [0.15, 0.2) is 12.2 Å². The minimum atomic E-state index is -3.93. The molecule has 102 valence electrons. The zero-order valence-corrected chi connectivity index (χ0v) is 7.94. The highest BCUT2D eigenvalue weighted by atomic mass is 19.3. The van der Waals surface area contributed by atoms with Crippen LogP contribution < -0.4 is 0 Å². The van der Waals surface area contributed by atoms with Crippen molar-refractivity contribution < 1.29 is 39.5 Å². The highest BCUT2D eigenvalue weighted by Crippen LogP contribution is 2.25. The second-order valence-electron chi connectivity index (χ2n) is 3.01. The summed E-state index contributed by atoms with van der Waals surface area (Å²) >= 11 is 0. The average Bonchev–Trinajstić information content (AvgIpc) is 2.23. The summed E-state index contributed by atoms with van der Waals surface area (Å²) in [6.45, 7) is 0. The maximum absolute atomic E-state index is 12.7. The summed E-state index contributed by atoms with van der Waals surface area (Å²) in [5.41, 5.74) is 0. The molecular weight excluding hydrogens is 267 g/mol. The Morgan fingerprint density at radius 2 is 1.06 bits per heavy atom. The summed E-state index contributed by atoms with van der Waals surface area (Å²) in [6, 6.07) is 0. The molecule has 0 aromatic heterocycles. The smallest absolute Gasteiger partial charge is 0.241 e. The van der Waals surface area contributed by atoms with E-state index in [1.165, 1.54) is 0 Å². The van der Waals surface area contributed by atoms with Gasteiger partial charge in [0.05, 0.1) is 0 Å². The molecule has 5 unspecified atom stereocenters. The van der Waals surface area contributed by atoms with Crippen molar-refractivity contribution in [1.82, 2.24) is 0 Å². The van der Waals surface area contributed by atoms with Crippen molar-refractivity contribution in [2.45, 2.75) is 37.3 Å². The highest BCUT2D eigenvalue weighted by molar-refractivity contribution is 4.97. The molecule has 0 aliphatic heterocycles. The Kier molecular flexibility index (Phi) is 6.40. The maximum atomic E-state index is 12.7. The van der Waals surface area contributed by atoms with Gasteiger partial charge in [0.15, 0.2) is 30.9 Å². The van der Waals surface area contributed by atoms with Gasteiger partial charge < -0.3 is 0 Å². The van der Waals surface area contributed by atoms with Crippen LogP contribution in [-0.2, 0) is 0 Å². The van der Waals surface area contributed by atoms with Gasteiger partial charge in [-0.05, 0) is 0 Å². The van der Waals surface area contributed by atoms with E-state index in [0.717, 1.165) is 0 Å². The van der Waals surface area contributed by atoms with Crippen LogP contribution in [0.1, 0.15) is 0 Å².